The van der Waals surface area contributed by atoms with Crippen LogP contribution in [0.1, 0.15) is 26.7 Å². The Hall–Kier alpha value is 0.390. The van der Waals surface area contributed by atoms with Crippen molar-refractivity contribution in [1.82, 2.24) is 4.72 Å². The molecule has 0 bridgehead atoms. The first-order valence-electron chi connectivity index (χ1n) is 4.09. The number of nitrogens with one attached hydrogen (secondary N) is 1. The summed E-state index contributed by atoms with van der Waals surface area (Å²) in [5.41, 5.74) is 0. The second kappa shape index (κ2) is 5.94. The van der Waals surface area contributed by atoms with Crippen molar-refractivity contribution in [2.45, 2.75) is 31.5 Å². The zero-order valence-electron chi connectivity index (χ0n) is 7.51. The summed E-state index contributed by atoms with van der Waals surface area (Å²) >= 11 is 3.27. The average molecular weight is 258 g/mol. The number of rotatable bonds is 6. The topological polar surface area (TPSA) is 46.2 Å². The highest BCUT2D eigenvalue weighted by molar-refractivity contribution is 9.09. The third-order valence-electron chi connectivity index (χ3n) is 1.35. The summed E-state index contributed by atoms with van der Waals surface area (Å²) in [7, 11) is -3.02. The van der Waals surface area contributed by atoms with Gasteiger partial charge in [-0.1, -0.05) is 36.2 Å². The molecule has 0 aromatic rings. The number of halogens is 1. The monoisotopic (exact) mass is 257 g/mol. The van der Waals surface area contributed by atoms with Gasteiger partial charge in [0.15, 0.2) is 0 Å². The van der Waals surface area contributed by atoms with Gasteiger partial charge >= 0.3 is 0 Å². The van der Waals surface area contributed by atoms with Gasteiger partial charge in [-0.15, -0.1) is 0 Å². The van der Waals surface area contributed by atoms with E-state index in [1.165, 1.54) is 0 Å². The Morgan fingerprint density at radius 2 is 2.08 bits per heavy atom. The van der Waals surface area contributed by atoms with Crippen LogP contribution in [0.2, 0.25) is 0 Å². The van der Waals surface area contributed by atoms with Gasteiger partial charge in [0.05, 0.1) is 5.75 Å². The molecule has 0 saturated carbocycles. The third kappa shape index (κ3) is 7.06. The van der Waals surface area contributed by atoms with Gasteiger partial charge in [-0.2, -0.15) is 0 Å². The molecule has 5 heteroatoms. The number of hydrogen-bond donors (Lipinski definition) is 1. The third-order valence-corrected chi connectivity index (χ3v) is 3.11. The van der Waals surface area contributed by atoms with Crippen LogP contribution >= 0.6 is 15.9 Å². The molecule has 1 N–H and O–H groups in total. The molecule has 3 nitrogen and oxygen atoms in total. The molecule has 0 aliphatic carbocycles. The Morgan fingerprint density at radius 3 is 2.50 bits per heavy atom. The normalized spacial score (nSPS) is 14.6. The maximum atomic E-state index is 11.2. The Bertz CT molecular complexity index is 201. The first-order valence-corrected chi connectivity index (χ1v) is 6.66. The van der Waals surface area contributed by atoms with Crippen LogP contribution in [-0.4, -0.2) is 25.5 Å². The highest BCUT2D eigenvalue weighted by Crippen LogP contribution is 1.97. The van der Waals surface area contributed by atoms with Crippen LogP contribution in [0.15, 0.2) is 0 Å². The SMILES string of the molecule is CCCCS(=O)(=O)NCC(C)Br. The van der Waals surface area contributed by atoms with E-state index < -0.39 is 10.0 Å². The van der Waals surface area contributed by atoms with E-state index in [0.29, 0.717) is 6.54 Å². The summed E-state index contributed by atoms with van der Waals surface area (Å²) in [5, 5.41) is 0. The molecule has 0 spiro atoms. The van der Waals surface area contributed by atoms with E-state index in [4.69, 9.17) is 0 Å². The lowest BCUT2D eigenvalue weighted by molar-refractivity contribution is 0.578. The van der Waals surface area contributed by atoms with Crippen molar-refractivity contribution in [1.29, 1.82) is 0 Å². The first-order chi connectivity index (χ1) is 5.48. The summed E-state index contributed by atoms with van der Waals surface area (Å²) in [6.45, 7) is 4.34. The molecule has 1 unspecified atom stereocenters. The first kappa shape index (κ1) is 12.4. The lowest BCUT2D eigenvalue weighted by Crippen LogP contribution is -2.30. The number of alkyl halides is 1. The van der Waals surface area contributed by atoms with Gasteiger partial charge in [0.25, 0.3) is 0 Å². The van der Waals surface area contributed by atoms with Crippen molar-refractivity contribution in [3.8, 4) is 0 Å². The molecule has 12 heavy (non-hydrogen) atoms. The molecular formula is C7H16BrNO2S. The van der Waals surface area contributed by atoms with Crippen LogP contribution in [0.25, 0.3) is 0 Å². The lowest BCUT2D eigenvalue weighted by atomic mass is 10.4. The molecule has 0 aliphatic heterocycles. The second-order valence-corrected chi connectivity index (χ2v) is 6.29. The van der Waals surface area contributed by atoms with Crippen LogP contribution in [0.3, 0.4) is 0 Å². The van der Waals surface area contributed by atoms with Gasteiger partial charge in [0, 0.05) is 11.4 Å². The van der Waals surface area contributed by atoms with Crippen LogP contribution in [0, 0.1) is 0 Å². The molecule has 0 amide bonds. The van der Waals surface area contributed by atoms with Crippen molar-refractivity contribution in [3.05, 3.63) is 0 Å². The molecule has 0 heterocycles. The largest absolute Gasteiger partial charge is 0.214 e. The molecular weight excluding hydrogens is 242 g/mol. The summed E-state index contributed by atoms with van der Waals surface area (Å²) in [6.07, 6.45) is 1.64. The van der Waals surface area contributed by atoms with Gasteiger partial charge in [-0.05, 0) is 6.42 Å². The van der Waals surface area contributed by atoms with E-state index in [2.05, 4.69) is 20.7 Å². The predicted octanol–water partition coefficient (Wildman–Crippen LogP) is 1.49. The van der Waals surface area contributed by atoms with Crippen LogP contribution in [0.5, 0.6) is 0 Å². The maximum absolute atomic E-state index is 11.2. The van der Waals surface area contributed by atoms with Crippen molar-refractivity contribution in [3.63, 3.8) is 0 Å². The maximum Gasteiger partial charge on any atom is 0.211 e. The Morgan fingerprint density at radius 1 is 1.50 bits per heavy atom. The minimum atomic E-state index is -3.02. The van der Waals surface area contributed by atoms with Crippen molar-refractivity contribution >= 4 is 26.0 Å². The van der Waals surface area contributed by atoms with E-state index in [9.17, 15) is 8.42 Å². The van der Waals surface area contributed by atoms with Gasteiger partial charge in [-0.3, -0.25) is 0 Å². The summed E-state index contributed by atoms with van der Waals surface area (Å²) < 4.78 is 24.8. The smallest absolute Gasteiger partial charge is 0.211 e. The fourth-order valence-corrected chi connectivity index (χ4v) is 2.34. The van der Waals surface area contributed by atoms with Crippen LogP contribution in [-0.2, 0) is 10.0 Å². The molecule has 0 radical (unpaired) electrons. The van der Waals surface area contributed by atoms with E-state index in [-0.39, 0.29) is 10.6 Å². The van der Waals surface area contributed by atoms with Gasteiger partial charge in [0.1, 0.15) is 0 Å². The minimum Gasteiger partial charge on any atom is -0.214 e. The summed E-state index contributed by atoms with van der Waals surface area (Å²) in [4.78, 5) is 0.189. The number of hydrogen-bond acceptors (Lipinski definition) is 2. The highest BCUT2D eigenvalue weighted by Gasteiger charge is 2.09. The fourth-order valence-electron chi connectivity index (χ4n) is 0.648. The Balaban J connectivity index is 3.73. The lowest BCUT2D eigenvalue weighted by Gasteiger charge is -2.06. The summed E-state index contributed by atoms with van der Waals surface area (Å²) in [5.74, 6) is 0.239. The summed E-state index contributed by atoms with van der Waals surface area (Å²) in [6, 6.07) is 0. The zero-order chi connectivity index (χ0) is 9.61. The minimum absolute atomic E-state index is 0.189. The molecule has 74 valence electrons. The van der Waals surface area contributed by atoms with E-state index in [1.807, 2.05) is 13.8 Å². The fraction of sp³-hybridized carbons (Fsp3) is 1.00. The molecule has 1 atom stereocenters. The van der Waals surface area contributed by atoms with E-state index in [1.54, 1.807) is 0 Å². The number of sulfonamides is 1. The van der Waals surface area contributed by atoms with Crippen molar-refractivity contribution < 1.29 is 8.42 Å². The predicted molar refractivity (Wildman–Crippen MR) is 55.1 cm³/mol. The van der Waals surface area contributed by atoms with Crippen LogP contribution < -0.4 is 4.72 Å². The van der Waals surface area contributed by atoms with E-state index in [0.717, 1.165) is 12.8 Å². The number of unbranched alkanes of at least 4 members (excludes halogenated alkanes) is 1. The Kier molecular flexibility index (Phi) is 6.13. The van der Waals surface area contributed by atoms with Crippen molar-refractivity contribution in [2.75, 3.05) is 12.3 Å². The van der Waals surface area contributed by atoms with Gasteiger partial charge < -0.3 is 0 Å². The van der Waals surface area contributed by atoms with Gasteiger partial charge in [0.2, 0.25) is 10.0 Å². The molecule has 0 aromatic heterocycles. The molecule has 0 fully saturated rings. The van der Waals surface area contributed by atoms with Crippen molar-refractivity contribution in [2.24, 2.45) is 0 Å². The zero-order valence-corrected chi connectivity index (χ0v) is 9.91. The van der Waals surface area contributed by atoms with Gasteiger partial charge in [-0.25, -0.2) is 13.1 Å². The average Bonchev–Trinajstić information content (AvgIpc) is 1.98. The second-order valence-electron chi connectivity index (χ2n) is 2.80. The molecule has 0 aliphatic rings. The quantitative estimate of drug-likeness (QED) is 0.734. The Labute approximate surface area is 83.1 Å². The standard InChI is InChI=1S/C7H16BrNO2S/c1-3-4-5-12(10,11)9-6-7(2)8/h7,9H,3-6H2,1-2H3. The molecule has 0 aromatic carbocycles. The van der Waals surface area contributed by atoms with E-state index >= 15 is 0 Å². The molecule has 0 saturated heterocycles. The van der Waals surface area contributed by atoms with Crippen LogP contribution in [0.4, 0.5) is 0 Å². The highest BCUT2D eigenvalue weighted by atomic mass is 79.9. The molecule has 0 rings (SSSR count).